The first kappa shape index (κ1) is 11.7. The summed E-state index contributed by atoms with van der Waals surface area (Å²) in [5.74, 6) is 1.38. The minimum absolute atomic E-state index is 0.387. The molecular formula is C13H21N5. The van der Waals surface area contributed by atoms with Crippen LogP contribution in [0.15, 0.2) is 6.07 Å². The van der Waals surface area contributed by atoms with Gasteiger partial charge in [-0.25, -0.2) is 4.98 Å². The second kappa shape index (κ2) is 4.72. The molecule has 1 aromatic heterocycles. The Morgan fingerprint density at radius 3 is 2.89 bits per heavy atom. The summed E-state index contributed by atoms with van der Waals surface area (Å²) in [5.41, 5.74) is 6.70. The number of anilines is 2. The Kier molecular flexibility index (Phi) is 3.07. The fourth-order valence-electron chi connectivity index (χ4n) is 3.15. The summed E-state index contributed by atoms with van der Waals surface area (Å²) in [4.78, 5) is 13.5. The molecule has 2 saturated heterocycles. The van der Waals surface area contributed by atoms with E-state index in [0.29, 0.717) is 12.0 Å². The van der Waals surface area contributed by atoms with Gasteiger partial charge in [-0.2, -0.15) is 4.98 Å². The fourth-order valence-corrected chi connectivity index (χ4v) is 3.15. The molecule has 0 saturated carbocycles. The van der Waals surface area contributed by atoms with Crippen molar-refractivity contribution in [2.75, 3.05) is 36.8 Å². The largest absolute Gasteiger partial charge is 0.368 e. The van der Waals surface area contributed by atoms with Crippen LogP contribution in [0.4, 0.5) is 11.8 Å². The Morgan fingerprint density at radius 1 is 1.22 bits per heavy atom. The van der Waals surface area contributed by atoms with Crippen LogP contribution in [0, 0.1) is 6.92 Å². The lowest BCUT2D eigenvalue weighted by Gasteiger charge is -2.26. The van der Waals surface area contributed by atoms with E-state index >= 15 is 0 Å². The van der Waals surface area contributed by atoms with E-state index in [2.05, 4.69) is 19.8 Å². The molecule has 2 fully saturated rings. The number of aromatic nitrogens is 2. The van der Waals surface area contributed by atoms with Crippen LogP contribution in [0.3, 0.4) is 0 Å². The highest BCUT2D eigenvalue weighted by Crippen LogP contribution is 2.24. The number of fused-ring (bicyclic) bond motifs is 1. The van der Waals surface area contributed by atoms with E-state index in [1.807, 2.05) is 13.0 Å². The lowest BCUT2D eigenvalue weighted by Crippen LogP contribution is -2.37. The molecule has 0 spiro atoms. The zero-order valence-electron chi connectivity index (χ0n) is 11.0. The van der Waals surface area contributed by atoms with Crippen molar-refractivity contribution in [3.05, 3.63) is 11.8 Å². The number of nitrogen functional groups attached to an aromatic ring is 1. The summed E-state index contributed by atoms with van der Waals surface area (Å²) in [6.45, 7) is 6.62. The smallest absolute Gasteiger partial charge is 0.222 e. The molecule has 0 radical (unpaired) electrons. The topological polar surface area (TPSA) is 58.3 Å². The van der Waals surface area contributed by atoms with Gasteiger partial charge in [0.05, 0.1) is 0 Å². The standard InChI is InChI=1S/C13H21N5/c1-10-8-12(16-13(14)15-10)18-7-3-6-17-5-2-4-11(17)9-18/h8,11H,2-7,9H2,1H3,(H2,14,15,16)/t11-/m1/s1. The quantitative estimate of drug-likeness (QED) is 0.803. The molecule has 3 rings (SSSR count). The molecule has 0 unspecified atom stereocenters. The molecule has 0 aromatic carbocycles. The van der Waals surface area contributed by atoms with E-state index in [1.165, 1.54) is 32.4 Å². The molecule has 18 heavy (non-hydrogen) atoms. The van der Waals surface area contributed by atoms with E-state index in [0.717, 1.165) is 24.6 Å². The maximum absolute atomic E-state index is 5.75. The SMILES string of the molecule is Cc1cc(N2CCCN3CCC[C@@H]3C2)nc(N)n1. The maximum Gasteiger partial charge on any atom is 0.222 e. The normalized spacial score (nSPS) is 24.9. The first-order valence-electron chi connectivity index (χ1n) is 6.82. The van der Waals surface area contributed by atoms with Gasteiger partial charge >= 0.3 is 0 Å². The van der Waals surface area contributed by atoms with Gasteiger partial charge < -0.3 is 10.6 Å². The minimum atomic E-state index is 0.387. The summed E-state index contributed by atoms with van der Waals surface area (Å²) in [6.07, 6.45) is 3.86. The monoisotopic (exact) mass is 247 g/mol. The number of aryl methyl sites for hydroxylation is 1. The average Bonchev–Trinajstić information content (AvgIpc) is 2.65. The van der Waals surface area contributed by atoms with Crippen molar-refractivity contribution in [3.63, 3.8) is 0 Å². The van der Waals surface area contributed by atoms with E-state index in [1.54, 1.807) is 0 Å². The zero-order chi connectivity index (χ0) is 12.5. The molecule has 0 amide bonds. The van der Waals surface area contributed by atoms with Crippen LogP contribution < -0.4 is 10.6 Å². The van der Waals surface area contributed by atoms with Gasteiger partial charge in [-0.3, -0.25) is 4.90 Å². The Bertz CT molecular complexity index is 413. The van der Waals surface area contributed by atoms with Crippen molar-refractivity contribution in [2.45, 2.75) is 32.2 Å². The predicted molar refractivity (Wildman–Crippen MR) is 72.6 cm³/mol. The molecule has 1 atom stereocenters. The van der Waals surface area contributed by atoms with E-state index in [4.69, 9.17) is 5.73 Å². The molecule has 98 valence electrons. The van der Waals surface area contributed by atoms with Gasteiger partial charge in [0.1, 0.15) is 5.82 Å². The third-order valence-electron chi connectivity index (χ3n) is 3.99. The van der Waals surface area contributed by atoms with Crippen molar-refractivity contribution < 1.29 is 0 Å². The van der Waals surface area contributed by atoms with Crippen LogP contribution >= 0.6 is 0 Å². The van der Waals surface area contributed by atoms with Gasteiger partial charge in [0, 0.05) is 37.4 Å². The third-order valence-corrected chi connectivity index (χ3v) is 3.99. The molecule has 5 nitrogen and oxygen atoms in total. The van der Waals surface area contributed by atoms with Crippen LogP contribution in [-0.4, -0.2) is 47.1 Å². The van der Waals surface area contributed by atoms with Gasteiger partial charge in [-0.1, -0.05) is 0 Å². The van der Waals surface area contributed by atoms with Gasteiger partial charge in [0.15, 0.2) is 0 Å². The Hall–Kier alpha value is -1.36. The van der Waals surface area contributed by atoms with Gasteiger partial charge in [-0.15, -0.1) is 0 Å². The summed E-state index contributed by atoms with van der Waals surface area (Å²) < 4.78 is 0. The highest BCUT2D eigenvalue weighted by Gasteiger charge is 2.29. The third kappa shape index (κ3) is 2.27. The molecule has 2 aliphatic heterocycles. The van der Waals surface area contributed by atoms with Gasteiger partial charge in [-0.05, 0) is 32.7 Å². The molecule has 1 aromatic rings. The fraction of sp³-hybridized carbons (Fsp3) is 0.692. The Morgan fingerprint density at radius 2 is 2.06 bits per heavy atom. The summed E-state index contributed by atoms with van der Waals surface area (Å²) in [7, 11) is 0. The van der Waals surface area contributed by atoms with E-state index in [-0.39, 0.29) is 0 Å². The molecule has 0 bridgehead atoms. The van der Waals surface area contributed by atoms with Crippen LogP contribution in [0.1, 0.15) is 25.0 Å². The lowest BCUT2D eigenvalue weighted by atomic mass is 10.2. The van der Waals surface area contributed by atoms with Crippen LogP contribution in [0.25, 0.3) is 0 Å². The summed E-state index contributed by atoms with van der Waals surface area (Å²) in [6, 6.07) is 2.74. The zero-order valence-corrected chi connectivity index (χ0v) is 11.0. The predicted octanol–water partition coefficient (Wildman–Crippen LogP) is 1.04. The van der Waals surface area contributed by atoms with Crippen molar-refractivity contribution >= 4 is 11.8 Å². The summed E-state index contributed by atoms with van der Waals surface area (Å²) in [5, 5.41) is 0. The highest BCUT2D eigenvalue weighted by molar-refractivity contribution is 5.43. The second-order valence-corrected chi connectivity index (χ2v) is 5.36. The number of nitrogens with zero attached hydrogens (tertiary/aromatic N) is 4. The molecular weight excluding hydrogens is 226 g/mol. The number of rotatable bonds is 1. The van der Waals surface area contributed by atoms with Crippen LogP contribution in [0.5, 0.6) is 0 Å². The Balaban J connectivity index is 1.82. The van der Waals surface area contributed by atoms with E-state index in [9.17, 15) is 0 Å². The van der Waals surface area contributed by atoms with Crippen LogP contribution in [-0.2, 0) is 0 Å². The molecule has 3 heterocycles. The Labute approximate surface area is 108 Å². The average molecular weight is 247 g/mol. The van der Waals surface area contributed by atoms with Gasteiger partial charge in [0.2, 0.25) is 5.95 Å². The highest BCUT2D eigenvalue weighted by atomic mass is 15.3. The molecule has 0 aliphatic carbocycles. The molecule has 5 heteroatoms. The summed E-state index contributed by atoms with van der Waals surface area (Å²) >= 11 is 0. The van der Waals surface area contributed by atoms with Crippen molar-refractivity contribution in [3.8, 4) is 0 Å². The minimum Gasteiger partial charge on any atom is -0.368 e. The molecule has 2 aliphatic rings. The first-order chi connectivity index (χ1) is 8.72. The molecule has 2 N–H and O–H groups in total. The second-order valence-electron chi connectivity index (χ2n) is 5.36. The number of hydrogen-bond acceptors (Lipinski definition) is 5. The van der Waals surface area contributed by atoms with E-state index < -0.39 is 0 Å². The number of hydrogen-bond donors (Lipinski definition) is 1. The lowest BCUT2D eigenvalue weighted by molar-refractivity contribution is 0.273. The van der Waals surface area contributed by atoms with Gasteiger partial charge in [0.25, 0.3) is 0 Å². The van der Waals surface area contributed by atoms with Crippen molar-refractivity contribution in [2.24, 2.45) is 0 Å². The van der Waals surface area contributed by atoms with Crippen molar-refractivity contribution in [1.29, 1.82) is 0 Å². The van der Waals surface area contributed by atoms with Crippen LogP contribution in [0.2, 0.25) is 0 Å². The maximum atomic E-state index is 5.75. The number of nitrogens with two attached hydrogens (primary N) is 1. The van der Waals surface area contributed by atoms with Crippen molar-refractivity contribution in [1.82, 2.24) is 14.9 Å². The first-order valence-corrected chi connectivity index (χ1v) is 6.82.